The van der Waals surface area contributed by atoms with Crippen LogP contribution in [0.1, 0.15) is 33.6 Å². The molecule has 4 nitrogen and oxygen atoms in total. The third-order valence-electron chi connectivity index (χ3n) is 3.14. The lowest BCUT2D eigenvalue weighted by molar-refractivity contribution is -0.146. The van der Waals surface area contributed by atoms with Crippen molar-refractivity contribution >= 4 is 11.9 Å². The molecule has 0 saturated heterocycles. The summed E-state index contributed by atoms with van der Waals surface area (Å²) in [6.45, 7) is 6.67. The molecule has 0 bridgehead atoms. The van der Waals surface area contributed by atoms with Gasteiger partial charge in [-0.15, -0.1) is 0 Å². The molecule has 1 rings (SSSR count). The van der Waals surface area contributed by atoms with Gasteiger partial charge in [0.25, 0.3) is 0 Å². The van der Waals surface area contributed by atoms with Crippen molar-refractivity contribution < 1.29 is 14.7 Å². The highest BCUT2D eigenvalue weighted by molar-refractivity contribution is 5.85. The average Bonchev–Trinajstić information content (AvgIpc) is 2.56. The SMILES string of the molecule is CC(C)CNC(=O)[C@H]1CC(C)C[C@H]1C(=O)O. The van der Waals surface area contributed by atoms with Gasteiger partial charge < -0.3 is 10.4 Å². The van der Waals surface area contributed by atoms with E-state index in [0.29, 0.717) is 31.2 Å². The van der Waals surface area contributed by atoms with E-state index in [-0.39, 0.29) is 11.8 Å². The topological polar surface area (TPSA) is 66.4 Å². The Morgan fingerprint density at radius 2 is 1.88 bits per heavy atom. The predicted octanol–water partition coefficient (Wildman–Crippen LogP) is 1.51. The summed E-state index contributed by atoms with van der Waals surface area (Å²) in [5.74, 6) is -1.05. The van der Waals surface area contributed by atoms with Crippen LogP contribution in [0.2, 0.25) is 0 Å². The van der Waals surface area contributed by atoms with E-state index in [1.807, 2.05) is 20.8 Å². The molecular formula is C12H21NO3. The molecule has 1 amide bonds. The molecular weight excluding hydrogens is 206 g/mol. The van der Waals surface area contributed by atoms with Crippen molar-refractivity contribution in [1.29, 1.82) is 0 Å². The van der Waals surface area contributed by atoms with E-state index < -0.39 is 11.9 Å². The smallest absolute Gasteiger partial charge is 0.307 e. The maximum atomic E-state index is 11.8. The average molecular weight is 227 g/mol. The monoisotopic (exact) mass is 227 g/mol. The van der Waals surface area contributed by atoms with Gasteiger partial charge in [0.05, 0.1) is 11.8 Å². The van der Waals surface area contributed by atoms with E-state index in [2.05, 4.69) is 5.32 Å². The van der Waals surface area contributed by atoms with Gasteiger partial charge in [-0.2, -0.15) is 0 Å². The quantitative estimate of drug-likeness (QED) is 0.765. The van der Waals surface area contributed by atoms with Crippen LogP contribution in [0.5, 0.6) is 0 Å². The number of hydrogen-bond donors (Lipinski definition) is 2. The first-order chi connectivity index (χ1) is 7.41. The Hall–Kier alpha value is -1.06. The Bertz CT molecular complexity index is 275. The van der Waals surface area contributed by atoms with Crippen molar-refractivity contribution in [3.05, 3.63) is 0 Å². The third-order valence-corrected chi connectivity index (χ3v) is 3.14. The van der Waals surface area contributed by atoms with E-state index in [1.165, 1.54) is 0 Å². The van der Waals surface area contributed by atoms with Crippen LogP contribution in [0, 0.1) is 23.7 Å². The molecule has 0 aromatic carbocycles. The number of nitrogens with one attached hydrogen (secondary N) is 1. The van der Waals surface area contributed by atoms with Gasteiger partial charge in [0.15, 0.2) is 0 Å². The maximum absolute atomic E-state index is 11.8. The highest BCUT2D eigenvalue weighted by Crippen LogP contribution is 2.36. The summed E-state index contributed by atoms with van der Waals surface area (Å²) in [5, 5.41) is 11.9. The van der Waals surface area contributed by atoms with Gasteiger partial charge in [-0.05, 0) is 24.7 Å². The molecule has 4 heteroatoms. The molecule has 0 aromatic rings. The Balaban J connectivity index is 2.56. The number of carboxylic acid groups (broad SMARTS) is 1. The minimum absolute atomic E-state index is 0.0922. The molecule has 0 aromatic heterocycles. The summed E-state index contributed by atoms with van der Waals surface area (Å²) in [5.41, 5.74) is 0. The first-order valence-electron chi connectivity index (χ1n) is 5.92. The predicted molar refractivity (Wildman–Crippen MR) is 60.9 cm³/mol. The van der Waals surface area contributed by atoms with Crippen LogP contribution >= 0.6 is 0 Å². The van der Waals surface area contributed by atoms with Crippen molar-refractivity contribution in [2.75, 3.05) is 6.54 Å². The molecule has 0 radical (unpaired) electrons. The molecule has 1 aliphatic rings. The standard InChI is InChI=1S/C12H21NO3/c1-7(2)6-13-11(14)9-4-8(3)5-10(9)12(15)16/h7-10H,4-6H2,1-3H3,(H,13,14)(H,15,16)/t8?,9-,10+/m0/s1. The number of aliphatic carboxylic acids is 1. The number of carboxylic acids is 1. The van der Waals surface area contributed by atoms with Crippen LogP contribution in [0.4, 0.5) is 0 Å². The fourth-order valence-electron chi connectivity index (χ4n) is 2.29. The van der Waals surface area contributed by atoms with Crippen molar-refractivity contribution in [3.63, 3.8) is 0 Å². The molecule has 3 atom stereocenters. The summed E-state index contributed by atoms with van der Waals surface area (Å²) in [7, 11) is 0. The minimum atomic E-state index is -0.839. The second-order valence-corrected chi connectivity index (χ2v) is 5.27. The van der Waals surface area contributed by atoms with Crippen molar-refractivity contribution in [3.8, 4) is 0 Å². The highest BCUT2D eigenvalue weighted by Gasteiger charge is 2.40. The Morgan fingerprint density at radius 1 is 1.31 bits per heavy atom. The van der Waals surface area contributed by atoms with Crippen molar-refractivity contribution in [1.82, 2.24) is 5.32 Å². The number of rotatable bonds is 4. The van der Waals surface area contributed by atoms with Gasteiger partial charge in [-0.1, -0.05) is 20.8 Å². The van der Waals surface area contributed by atoms with Crippen LogP contribution < -0.4 is 5.32 Å². The summed E-state index contributed by atoms with van der Waals surface area (Å²) < 4.78 is 0. The third kappa shape index (κ3) is 3.22. The second-order valence-electron chi connectivity index (χ2n) is 5.27. The van der Waals surface area contributed by atoms with Gasteiger partial charge in [0.1, 0.15) is 0 Å². The van der Waals surface area contributed by atoms with E-state index >= 15 is 0 Å². The number of hydrogen-bond acceptors (Lipinski definition) is 2. The molecule has 92 valence electrons. The van der Waals surface area contributed by atoms with Crippen LogP contribution in [-0.4, -0.2) is 23.5 Å². The zero-order valence-electron chi connectivity index (χ0n) is 10.2. The fourth-order valence-corrected chi connectivity index (χ4v) is 2.29. The van der Waals surface area contributed by atoms with E-state index in [1.54, 1.807) is 0 Å². The van der Waals surface area contributed by atoms with Gasteiger partial charge in [0, 0.05) is 6.54 Å². The highest BCUT2D eigenvalue weighted by atomic mass is 16.4. The Kier molecular flexibility index (Phi) is 4.33. The number of amides is 1. The normalized spacial score (nSPS) is 29.4. The van der Waals surface area contributed by atoms with Gasteiger partial charge in [-0.25, -0.2) is 0 Å². The molecule has 16 heavy (non-hydrogen) atoms. The van der Waals surface area contributed by atoms with Gasteiger partial charge in [-0.3, -0.25) is 9.59 Å². The molecule has 2 N–H and O–H groups in total. The van der Waals surface area contributed by atoms with Crippen molar-refractivity contribution in [2.45, 2.75) is 33.6 Å². The lowest BCUT2D eigenvalue weighted by Gasteiger charge is -2.16. The first kappa shape index (κ1) is 13.0. The first-order valence-corrected chi connectivity index (χ1v) is 5.92. The summed E-state index contributed by atoms with van der Waals surface area (Å²) in [4.78, 5) is 22.9. The molecule has 0 heterocycles. The summed E-state index contributed by atoms with van der Waals surface area (Å²) in [6, 6.07) is 0. The van der Waals surface area contributed by atoms with Crippen LogP contribution in [-0.2, 0) is 9.59 Å². The summed E-state index contributed by atoms with van der Waals surface area (Å²) >= 11 is 0. The number of carbonyl (C=O) groups is 2. The zero-order chi connectivity index (χ0) is 12.3. The van der Waals surface area contributed by atoms with Crippen LogP contribution in [0.15, 0.2) is 0 Å². The van der Waals surface area contributed by atoms with Crippen LogP contribution in [0.25, 0.3) is 0 Å². The fraction of sp³-hybridized carbons (Fsp3) is 0.833. The maximum Gasteiger partial charge on any atom is 0.307 e. The number of carbonyl (C=O) groups excluding carboxylic acids is 1. The molecule has 1 saturated carbocycles. The zero-order valence-corrected chi connectivity index (χ0v) is 10.2. The lowest BCUT2D eigenvalue weighted by Crippen LogP contribution is -2.37. The molecule has 0 spiro atoms. The van der Waals surface area contributed by atoms with E-state index in [0.717, 1.165) is 0 Å². The molecule has 1 aliphatic carbocycles. The molecule has 1 fully saturated rings. The summed E-state index contributed by atoms with van der Waals surface area (Å²) in [6.07, 6.45) is 1.32. The second kappa shape index (κ2) is 5.32. The largest absolute Gasteiger partial charge is 0.481 e. The van der Waals surface area contributed by atoms with Gasteiger partial charge >= 0.3 is 5.97 Å². The Morgan fingerprint density at radius 3 is 2.38 bits per heavy atom. The Labute approximate surface area is 96.4 Å². The molecule has 0 aliphatic heterocycles. The van der Waals surface area contributed by atoms with E-state index in [9.17, 15) is 9.59 Å². The van der Waals surface area contributed by atoms with E-state index in [4.69, 9.17) is 5.11 Å². The minimum Gasteiger partial charge on any atom is -0.481 e. The lowest BCUT2D eigenvalue weighted by atomic mass is 9.95. The van der Waals surface area contributed by atoms with Crippen molar-refractivity contribution in [2.24, 2.45) is 23.7 Å². The van der Waals surface area contributed by atoms with Gasteiger partial charge in [0.2, 0.25) is 5.91 Å². The van der Waals surface area contributed by atoms with Crippen LogP contribution in [0.3, 0.4) is 0 Å². The molecule has 1 unspecified atom stereocenters.